The maximum atomic E-state index is 15.5. The van der Waals surface area contributed by atoms with Crippen molar-refractivity contribution >= 4 is 5.57 Å². The second-order valence-corrected chi connectivity index (χ2v) is 10.9. The molecule has 0 saturated heterocycles. The Balaban J connectivity index is 2.09. The van der Waals surface area contributed by atoms with Crippen molar-refractivity contribution in [2.75, 3.05) is 0 Å². The van der Waals surface area contributed by atoms with Gasteiger partial charge in [0.05, 0.1) is 0 Å². The molecule has 1 heteroatoms. The summed E-state index contributed by atoms with van der Waals surface area (Å²) >= 11 is 0. The minimum Gasteiger partial charge on any atom is -0.242 e. The average Bonchev–Trinajstić information content (AvgIpc) is 2.70. The number of rotatable bonds is 4. The number of hydrogen-bond acceptors (Lipinski definition) is 0. The van der Waals surface area contributed by atoms with Gasteiger partial charge in [0, 0.05) is 0 Å². The quantitative estimate of drug-likeness (QED) is 0.487. The van der Waals surface area contributed by atoms with Crippen LogP contribution in [0, 0.1) is 34.5 Å². The first-order valence-electron chi connectivity index (χ1n) is 11.6. The first-order valence-corrected chi connectivity index (χ1v) is 11.6. The predicted molar refractivity (Wildman–Crippen MR) is 120 cm³/mol. The maximum Gasteiger partial charge on any atom is 0.128 e. The van der Waals surface area contributed by atoms with Gasteiger partial charge in [0.1, 0.15) is 6.17 Å². The summed E-state index contributed by atoms with van der Waals surface area (Å²) in [7, 11) is 0. The molecule has 6 atom stereocenters. The van der Waals surface area contributed by atoms with Gasteiger partial charge < -0.3 is 0 Å². The van der Waals surface area contributed by atoms with Gasteiger partial charge in [0.25, 0.3) is 0 Å². The normalized spacial score (nSPS) is 38.7. The molecular formula is C27H41F. The minimum atomic E-state index is -0.865. The van der Waals surface area contributed by atoms with E-state index in [9.17, 15) is 0 Å². The second-order valence-electron chi connectivity index (χ2n) is 10.9. The summed E-state index contributed by atoms with van der Waals surface area (Å²) in [4.78, 5) is 0. The molecule has 1 saturated carbocycles. The van der Waals surface area contributed by atoms with E-state index in [-0.39, 0.29) is 11.3 Å². The van der Waals surface area contributed by atoms with Crippen molar-refractivity contribution in [3.05, 3.63) is 41.5 Å². The van der Waals surface area contributed by atoms with Crippen LogP contribution < -0.4 is 0 Å². The Morgan fingerprint density at radius 2 is 1.79 bits per heavy atom. The Labute approximate surface area is 173 Å². The lowest BCUT2D eigenvalue weighted by Gasteiger charge is -2.62. The van der Waals surface area contributed by atoms with Gasteiger partial charge in [0.15, 0.2) is 0 Å². The fraction of sp³-hybridized carbons (Fsp3) is 0.704. The Kier molecular flexibility index (Phi) is 6.14. The zero-order valence-electron chi connectivity index (χ0n) is 19.2. The molecule has 0 nitrogen and oxygen atoms in total. The van der Waals surface area contributed by atoms with Gasteiger partial charge in [0.2, 0.25) is 0 Å². The van der Waals surface area contributed by atoms with Gasteiger partial charge in [-0.15, -0.1) is 0 Å². The van der Waals surface area contributed by atoms with Crippen molar-refractivity contribution in [2.45, 2.75) is 86.7 Å². The summed E-state index contributed by atoms with van der Waals surface area (Å²) in [5.41, 5.74) is 4.06. The van der Waals surface area contributed by atoms with Crippen LogP contribution in [0.15, 0.2) is 30.3 Å². The lowest BCUT2D eigenvalue weighted by Crippen LogP contribution is -2.53. The molecule has 6 unspecified atom stereocenters. The molecule has 1 aromatic carbocycles. The maximum absolute atomic E-state index is 15.5. The first kappa shape index (κ1) is 21.6. The third kappa shape index (κ3) is 3.71. The number of hydrogen-bond donors (Lipinski definition) is 0. The fourth-order valence-corrected chi connectivity index (χ4v) is 6.43. The zero-order valence-corrected chi connectivity index (χ0v) is 19.2. The molecule has 0 spiro atoms. The van der Waals surface area contributed by atoms with Crippen LogP contribution in [0.2, 0.25) is 0 Å². The van der Waals surface area contributed by atoms with Crippen molar-refractivity contribution in [3.63, 3.8) is 0 Å². The number of benzene rings is 1. The van der Waals surface area contributed by atoms with Gasteiger partial charge in [-0.3, -0.25) is 0 Å². The highest BCUT2D eigenvalue weighted by molar-refractivity contribution is 5.74. The second kappa shape index (κ2) is 7.96. The van der Waals surface area contributed by atoms with Crippen molar-refractivity contribution in [3.8, 4) is 0 Å². The summed E-state index contributed by atoms with van der Waals surface area (Å²) in [5.74, 6) is 1.96. The molecule has 0 N–H and O–H groups in total. The van der Waals surface area contributed by atoms with Gasteiger partial charge in [-0.2, -0.15) is 0 Å². The van der Waals surface area contributed by atoms with E-state index in [2.05, 4.69) is 66.7 Å². The summed E-state index contributed by atoms with van der Waals surface area (Å²) in [6.07, 6.45) is 7.38. The minimum absolute atomic E-state index is 0.0841. The van der Waals surface area contributed by atoms with Gasteiger partial charge in [-0.05, 0) is 83.3 Å². The summed E-state index contributed by atoms with van der Waals surface area (Å²) in [5, 5.41) is 0. The summed E-state index contributed by atoms with van der Waals surface area (Å²) in [6, 6.07) is 8.34. The molecule has 2 aliphatic rings. The van der Waals surface area contributed by atoms with E-state index in [4.69, 9.17) is 0 Å². The van der Waals surface area contributed by atoms with E-state index in [0.717, 1.165) is 30.7 Å². The number of allylic oxidation sites excluding steroid dienone is 2. The highest BCUT2D eigenvalue weighted by Crippen LogP contribution is 2.67. The first-order chi connectivity index (χ1) is 13.1. The van der Waals surface area contributed by atoms with Gasteiger partial charge in [-0.1, -0.05) is 78.8 Å². The van der Waals surface area contributed by atoms with Crippen LogP contribution in [0.1, 0.15) is 97.9 Å². The lowest BCUT2D eigenvalue weighted by atomic mass is 9.42. The van der Waals surface area contributed by atoms with Crippen molar-refractivity contribution in [1.29, 1.82) is 0 Å². The Hall–Kier alpha value is -1.11. The molecule has 1 aromatic rings. The molecule has 2 aliphatic carbocycles. The third-order valence-corrected chi connectivity index (χ3v) is 8.23. The van der Waals surface area contributed by atoms with Crippen LogP contribution >= 0.6 is 0 Å². The largest absolute Gasteiger partial charge is 0.242 e. The number of halogens is 1. The van der Waals surface area contributed by atoms with Crippen molar-refractivity contribution < 1.29 is 4.39 Å². The van der Waals surface area contributed by atoms with E-state index in [0.29, 0.717) is 17.3 Å². The number of fused-ring (bicyclic) bond motifs is 1. The molecule has 28 heavy (non-hydrogen) atoms. The third-order valence-electron chi connectivity index (χ3n) is 8.23. The SMILES string of the molecule is CCC1C=C(C2(C)CC(C)(CC(C)C)C2C)c2ccccc2C(F)C(C)CC1. The fourth-order valence-electron chi connectivity index (χ4n) is 6.43. The number of alkyl halides is 1. The molecule has 0 bridgehead atoms. The summed E-state index contributed by atoms with van der Waals surface area (Å²) < 4.78 is 15.5. The molecule has 0 heterocycles. The molecule has 1 fully saturated rings. The predicted octanol–water partition coefficient (Wildman–Crippen LogP) is 8.64. The van der Waals surface area contributed by atoms with Crippen LogP contribution in [0.25, 0.3) is 5.57 Å². The Morgan fingerprint density at radius 3 is 2.39 bits per heavy atom. The smallest absolute Gasteiger partial charge is 0.128 e. The molecule has 0 amide bonds. The summed E-state index contributed by atoms with van der Waals surface area (Å²) in [6.45, 7) is 16.4. The average molecular weight is 385 g/mol. The van der Waals surface area contributed by atoms with E-state index < -0.39 is 6.17 Å². The van der Waals surface area contributed by atoms with Crippen LogP contribution in [0.4, 0.5) is 4.39 Å². The standard InChI is InChI=1S/C27H41F/c1-8-21-14-13-19(4)25(28)23-12-10-9-11-22(23)24(15-21)27(7)17-26(6,20(27)5)16-18(2)3/h9-12,15,18-21,25H,8,13-14,16-17H2,1-7H3. The van der Waals surface area contributed by atoms with Crippen LogP contribution in [-0.4, -0.2) is 0 Å². The van der Waals surface area contributed by atoms with Crippen molar-refractivity contribution in [1.82, 2.24) is 0 Å². The monoisotopic (exact) mass is 384 g/mol. The van der Waals surface area contributed by atoms with Crippen LogP contribution in [0.5, 0.6) is 0 Å². The Morgan fingerprint density at radius 1 is 1.11 bits per heavy atom. The van der Waals surface area contributed by atoms with E-state index in [1.807, 2.05) is 12.1 Å². The molecular weight excluding hydrogens is 343 g/mol. The Bertz CT molecular complexity index is 717. The molecule has 0 aliphatic heterocycles. The van der Waals surface area contributed by atoms with Crippen molar-refractivity contribution in [2.24, 2.45) is 34.5 Å². The topological polar surface area (TPSA) is 0 Å². The molecule has 0 radical (unpaired) electrons. The zero-order chi connectivity index (χ0) is 20.7. The molecule has 3 rings (SSSR count). The van der Waals surface area contributed by atoms with Gasteiger partial charge in [-0.25, -0.2) is 4.39 Å². The van der Waals surface area contributed by atoms with Gasteiger partial charge >= 0.3 is 0 Å². The van der Waals surface area contributed by atoms with E-state index in [1.54, 1.807) is 0 Å². The highest BCUT2D eigenvalue weighted by atomic mass is 19.1. The molecule has 156 valence electrons. The lowest BCUT2D eigenvalue weighted by molar-refractivity contribution is -0.0669. The van der Waals surface area contributed by atoms with E-state index in [1.165, 1.54) is 24.0 Å². The van der Waals surface area contributed by atoms with Crippen LogP contribution in [-0.2, 0) is 0 Å². The van der Waals surface area contributed by atoms with Crippen LogP contribution in [0.3, 0.4) is 0 Å². The molecule has 0 aromatic heterocycles. The van der Waals surface area contributed by atoms with E-state index >= 15 is 4.39 Å². The highest BCUT2D eigenvalue weighted by Gasteiger charge is 2.57.